The molecule has 1 heteroatoms. The fourth-order valence-electron chi connectivity index (χ4n) is 2.72. The van der Waals surface area contributed by atoms with Crippen LogP contribution in [0.25, 0.3) is 0 Å². The molecule has 0 amide bonds. The summed E-state index contributed by atoms with van der Waals surface area (Å²) < 4.78 is 0. The van der Waals surface area contributed by atoms with Crippen molar-refractivity contribution in [3.05, 3.63) is 71.8 Å². The van der Waals surface area contributed by atoms with Crippen molar-refractivity contribution in [1.82, 2.24) is 5.32 Å². The Balaban J connectivity index is 1.94. The second kappa shape index (κ2) is 9.36. The number of rotatable bonds is 9. The molecule has 0 radical (unpaired) electrons. The predicted molar refractivity (Wildman–Crippen MR) is 91.7 cm³/mol. The van der Waals surface area contributed by atoms with Gasteiger partial charge in [0.2, 0.25) is 0 Å². The van der Waals surface area contributed by atoms with Crippen molar-refractivity contribution in [3.8, 4) is 0 Å². The van der Waals surface area contributed by atoms with E-state index in [0.29, 0.717) is 5.92 Å². The van der Waals surface area contributed by atoms with Crippen LogP contribution in [0.5, 0.6) is 0 Å². The van der Waals surface area contributed by atoms with Gasteiger partial charge in [-0.3, -0.25) is 0 Å². The standard InChI is InChI=1S/C20H27N/c1-2-3-4-11-16-21-17-20(18-12-7-5-8-13-18)19-14-9-6-10-15-19/h5-10,12-15,20-21H,2-4,11,16-17H2,1H3. The van der Waals surface area contributed by atoms with E-state index in [1.54, 1.807) is 0 Å². The van der Waals surface area contributed by atoms with E-state index in [0.717, 1.165) is 13.1 Å². The molecule has 0 bridgehead atoms. The summed E-state index contributed by atoms with van der Waals surface area (Å²) in [6.07, 6.45) is 5.27. The zero-order chi connectivity index (χ0) is 14.8. The lowest BCUT2D eigenvalue weighted by atomic mass is 9.91. The maximum absolute atomic E-state index is 3.64. The highest BCUT2D eigenvalue weighted by molar-refractivity contribution is 5.32. The molecule has 0 aliphatic carbocycles. The Hall–Kier alpha value is -1.60. The quantitative estimate of drug-likeness (QED) is 0.639. The molecule has 0 aliphatic heterocycles. The molecule has 0 saturated carbocycles. The van der Waals surface area contributed by atoms with Gasteiger partial charge in [0.25, 0.3) is 0 Å². The topological polar surface area (TPSA) is 12.0 Å². The Morgan fingerprint density at radius 3 is 1.86 bits per heavy atom. The van der Waals surface area contributed by atoms with Gasteiger partial charge in [0.1, 0.15) is 0 Å². The van der Waals surface area contributed by atoms with Crippen LogP contribution in [-0.4, -0.2) is 13.1 Å². The minimum Gasteiger partial charge on any atom is -0.316 e. The van der Waals surface area contributed by atoms with Crippen LogP contribution in [0, 0.1) is 0 Å². The van der Waals surface area contributed by atoms with Crippen molar-refractivity contribution in [2.75, 3.05) is 13.1 Å². The largest absolute Gasteiger partial charge is 0.316 e. The van der Waals surface area contributed by atoms with E-state index in [-0.39, 0.29) is 0 Å². The van der Waals surface area contributed by atoms with Gasteiger partial charge in [-0.2, -0.15) is 0 Å². The molecule has 112 valence electrons. The lowest BCUT2D eigenvalue weighted by molar-refractivity contribution is 0.578. The van der Waals surface area contributed by atoms with Gasteiger partial charge in [0, 0.05) is 12.5 Å². The van der Waals surface area contributed by atoms with Crippen molar-refractivity contribution in [2.45, 2.75) is 38.5 Å². The maximum Gasteiger partial charge on any atom is 0.0214 e. The van der Waals surface area contributed by atoms with Gasteiger partial charge in [-0.25, -0.2) is 0 Å². The zero-order valence-electron chi connectivity index (χ0n) is 13.1. The molecule has 0 atom stereocenters. The first-order chi connectivity index (χ1) is 10.4. The summed E-state index contributed by atoms with van der Waals surface area (Å²) in [5, 5.41) is 3.64. The molecule has 0 heterocycles. The molecule has 1 N–H and O–H groups in total. The first-order valence-corrected chi connectivity index (χ1v) is 8.22. The Labute approximate surface area is 129 Å². The van der Waals surface area contributed by atoms with Crippen molar-refractivity contribution < 1.29 is 0 Å². The van der Waals surface area contributed by atoms with Gasteiger partial charge in [0.05, 0.1) is 0 Å². The van der Waals surface area contributed by atoms with Gasteiger partial charge in [-0.1, -0.05) is 86.8 Å². The monoisotopic (exact) mass is 281 g/mol. The van der Waals surface area contributed by atoms with Gasteiger partial charge in [-0.05, 0) is 24.1 Å². The Bertz CT molecular complexity index is 438. The molecule has 21 heavy (non-hydrogen) atoms. The lowest BCUT2D eigenvalue weighted by Gasteiger charge is -2.19. The van der Waals surface area contributed by atoms with E-state index in [1.165, 1.54) is 36.8 Å². The highest BCUT2D eigenvalue weighted by Crippen LogP contribution is 2.23. The van der Waals surface area contributed by atoms with E-state index in [2.05, 4.69) is 72.9 Å². The second-order valence-corrected chi connectivity index (χ2v) is 5.64. The van der Waals surface area contributed by atoms with Crippen LogP contribution >= 0.6 is 0 Å². The normalized spacial score (nSPS) is 11.0. The van der Waals surface area contributed by atoms with E-state index in [9.17, 15) is 0 Å². The van der Waals surface area contributed by atoms with Crippen molar-refractivity contribution in [1.29, 1.82) is 0 Å². The summed E-state index contributed by atoms with van der Waals surface area (Å²) in [6, 6.07) is 21.6. The average molecular weight is 281 g/mol. The van der Waals surface area contributed by atoms with Gasteiger partial charge in [-0.15, -0.1) is 0 Å². The molecule has 2 aromatic rings. The minimum atomic E-state index is 0.443. The van der Waals surface area contributed by atoms with Gasteiger partial charge in [0.15, 0.2) is 0 Å². The highest BCUT2D eigenvalue weighted by Gasteiger charge is 2.12. The van der Waals surface area contributed by atoms with E-state index >= 15 is 0 Å². The van der Waals surface area contributed by atoms with Crippen LogP contribution in [0.2, 0.25) is 0 Å². The van der Waals surface area contributed by atoms with E-state index < -0.39 is 0 Å². The van der Waals surface area contributed by atoms with Crippen LogP contribution in [-0.2, 0) is 0 Å². The first-order valence-electron chi connectivity index (χ1n) is 8.22. The average Bonchev–Trinajstić information content (AvgIpc) is 2.56. The molecule has 0 aliphatic rings. The molecule has 2 aromatic carbocycles. The minimum absolute atomic E-state index is 0.443. The summed E-state index contributed by atoms with van der Waals surface area (Å²) in [7, 11) is 0. The summed E-state index contributed by atoms with van der Waals surface area (Å²) in [6.45, 7) is 4.39. The Morgan fingerprint density at radius 2 is 1.33 bits per heavy atom. The fraction of sp³-hybridized carbons (Fsp3) is 0.400. The van der Waals surface area contributed by atoms with Crippen LogP contribution in [0.3, 0.4) is 0 Å². The van der Waals surface area contributed by atoms with Crippen LogP contribution in [0.4, 0.5) is 0 Å². The fourth-order valence-corrected chi connectivity index (χ4v) is 2.72. The third-order valence-electron chi connectivity index (χ3n) is 3.96. The molecule has 0 aromatic heterocycles. The van der Waals surface area contributed by atoms with Crippen LogP contribution in [0.15, 0.2) is 60.7 Å². The SMILES string of the molecule is CCCCCCNCC(c1ccccc1)c1ccccc1. The Morgan fingerprint density at radius 1 is 0.762 bits per heavy atom. The molecular weight excluding hydrogens is 254 g/mol. The lowest BCUT2D eigenvalue weighted by Crippen LogP contribution is -2.23. The number of benzene rings is 2. The highest BCUT2D eigenvalue weighted by atomic mass is 14.9. The summed E-state index contributed by atoms with van der Waals surface area (Å²) in [5.74, 6) is 0.443. The number of hydrogen-bond donors (Lipinski definition) is 1. The third-order valence-corrected chi connectivity index (χ3v) is 3.96. The zero-order valence-corrected chi connectivity index (χ0v) is 13.1. The van der Waals surface area contributed by atoms with E-state index in [4.69, 9.17) is 0 Å². The number of unbranched alkanes of at least 4 members (excludes halogenated alkanes) is 3. The molecule has 0 fully saturated rings. The summed E-state index contributed by atoms with van der Waals surface area (Å²) >= 11 is 0. The first kappa shape index (κ1) is 15.8. The molecule has 0 spiro atoms. The van der Waals surface area contributed by atoms with Crippen LogP contribution < -0.4 is 5.32 Å². The summed E-state index contributed by atoms with van der Waals surface area (Å²) in [5.41, 5.74) is 2.79. The molecule has 0 saturated heterocycles. The third kappa shape index (κ3) is 5.35. The predicted octanol–water partition coefficient (Wildman–Crippen LogP) is 4.99. The van der Waals surface area contributed by atoms with Crippen molar-refractivity contribution in [2.24, 2.45) is 0 Å². The Kier molecular flexibility index (Phi) is 7.03. The van der Waals surface area contributed by atoms with Crippen LogP contribution in [0.1, 0.15) is 49.7 Å². The molecule has 0 unspecified atom stereocenters. The molecule has 2 rings (SSSR count). The smallest absolute Gasteiger partial charge is 0.0214 e. The number of nitrogens with one attached hydrogen (secondary N) is 1. The van der Waals surface area contributed by atoms with Gasteiger partial charge >= 0.3 is 0 Å². The van der Waals surface area contributed by atoms with E-state index in [1.807, 2.05) is 0 Å². The second-order valence-electron chi connectivity index (χ2n) is 5.64. The van der Waals surface area contributed by atoms with Crippen molar-refractivity contribution >= 4 is 0 Å². The number of hydrogen-bond acceptors (Lipinski definition) is 1. The van der Waals surface area contributed by atoms with Gasteiger partial charge < -0.3 is 5.32 Å². The molecule has 1 nitrogen and oxygen atoms in total. The van der Waals surface area contributed by atoms with Crippen molar-refractivity contribution in [3.63, 3.8) is 0 Å². The maximum atomic E-state index is 3.64. The summed E-state index contributed by atoms with van der Waals surface area (Å²) in [4.78, 5) is 0. The molecular formula is C20H27N.